The second-order valence-electron chi connectivity index (χ2n) is 16.6. The van der Waals surface area contributed by atoms with Gasteiger partial charge in [0.05, 0.1) is 42.7 Å². The van der Waals surface area contributed by atoms with E-state index in [0.29, 0.717) is 0 Å². The summed E-state index contributed by atoms with van der Waals surface area (Å²) < 4.78 is 70.0. The van der Waals surface area contributed by atoms with Gasteiger partial charge in [-0.25, -0.2) is 0 Å². The average molecular weight is 971 g/mol. The van der Waals surface area contributed by atoms with E-state index >= 15 is 0 Å². The van der Waals surface area contributed by atoms with Gasteiger partial charge >= 0.3 is 11.9 Å². The number of hydrogen-bond acceptors (Lipinski definition) is 19. The van der Waals surface area contributed by atoms with E-state index in [2.05, 4.69) is 29.3 Å². The molecule has 0 bridgehead atoms. The largest absolute Gasteiger partial charge is 0.457 e. The molecule has 8 unspecified atom stereocenters. The number of carbonyl (C=O) groups is 2. The van der Waals surface area contributed by atoms with Gasteiger partial charge < -0.3 is 72.2 Å². The van der Waals surface area contributed by atoms with Crippen LogP contribution in [-0.2, 0) is 124 Å². The first-order valence-corrected chi connectivity index (χ1v) is 26.5. The van der Waals surface area contributed by atoms with Crippen LogP contribution >= 0.6 is 0 Å². The van der Waals surface area contributed by atoms with Crippen molar-refractivity contribution in [2.24, 2.45) is 11.8 Å². The summed E-state index contributed by atoms with van der Waals surface area (Å²) in [6, 6.07) is 0. The Bertz CT molecular complexity index is 1520. The molecule has 6 aliphatic rings. The highest BCUT2D eigenvalue weighted by Gasteiger charge is 2.57. The second-order valence-corrected chi connectivity index (χ2v) is 23.7. The molecule has 0 saturated carbocycles. The first-order valence-electron chi connectivity index (χ1n) is 19.9. The van der Waals surface area contributed by atoms with Crippen molar-refractivity contribution < 1.29 is 81.8 Å². The van der Waals surface area contributed by atoms with E-state index in [1.807, 2.05) is 48.5 Å². The van der Waals surface area contributed by atoms with E-state index in [0.717, 1.165) is 0 Å². The Morgan fingerprint density at radius 2 is 0.883 bits per heavy atom. The number of aliphatic hydroxyl groups is 3. The molecule has 0 amide bonds. The third-order valence-corrected chi connectivity index (χ3v) is 17.8. The van der Waals surface area contributed by atoms with Gasteiger partial charge in [0.15, 0.2) is 42.7 Å². The van der Waals surface area contributed by atoms with Crippen molar-refractivity contribution in [3.8, 4) is 0 Å². The van der Waals surface area contributed by atoms with E-state index in [4.69, 9.17) is 56.8 Å². The molecular formula is C37H62O17S6. The van der Waals surface area contributed by atoms with Crippen molar-refractivity contribution in [1.82, 2.24) is 0 Å². The van der Waals surface area contributed by atoms with E-state index in [1.165, 1.54) is 49.4 Å². The molecule has 20 atom stereocenters. The van der Waals surface area contributed by atoms with Crippen LogP contribution in [0, 0.1) is 11.8 Å². The molecule has 0 aromatic rings. The first-order chi connectivity index (χ1) is 27.9. The summed E-state index contributed by atoms with van der Waals surface area (Å²) in [6.07, 6.45) is -12.2. The molecule has 60 heavy (non-hydrogen) atoms. The molecule has 6 saturated heterocycles. The number of fused-ring (bicyclic) bond motifs is 2. The van der Waals surface area contributed by atoms with Crippen LogP contribution in [0.15, 0.2) is 0 Å². The standard InChI is InChI=1S/C19H32O8.C18H30O9.S6/c1-8-9(2)23-18(17-14(8)26-19(6,7)27-17)25-16-13(21)10(3)22-11(4)15(16)24-12(5)20;1-7-8(2)23-17(15-12(7)26-18(5,6)27-15)25-14-11(20)16(21)22-9(3)13(14)24-10(4)19;1-3-5-6-4-2/h8-11,13-18,21H,1-7H3;7-9,11-17,20-21H,1-6H3;/t8-,9?,10-,11?,13?,14-,15-,16-,17?,18-;7-,8?,9?,11?,12-,13-,14-,15?,16-,17-;/m00./s1. The van der Waals surface area contributed by atoms with Crippen LogP contribution in [0.25, 0.3) is 0 Å². The minimum atomic E-state index is -1.47. The van der Waals surface area contributed by atoms with Crippen LogP contribution in [0.2, 0.25) is 0 Å². The number of rotatable bonds is 6. The molecule has 6 fully saturated rings. The lowest BCUT2D eigenvalue weighted by Crippen LogP contribution is -2.62. The third-order valence-electron chi connectivity index (χ3n) is 11.2. The Hall–Kier alpha value is -0.260. The lowest BCUT2D eigenvalue weighted by molar-refractivity contribution is -0.339. The molecule has 6 heterocycles. The summed E-state index contributed by atoms with van der Waals surface area (Å²) in [5.74, 6) is -2.35. The molecular weight excluding hydrogens is 909 g/mol. The number of aliphatic hydroxyl groups excluding tert-OH is 3. The van der Waals surface area contributed by atoms with Crippen molar-refractivity contribution in [3.63, 3.8) is 0 Å². The zero-order valence-corrected chi connectivity index (χ0v) is 41.0. The number of esters is 2. The maximum absolute atomic E-state index is 11.6. The Morgan fingerprint density at radius 3 is 1.27 bits per heavy atom. The van der Waals surface area contributed by atoms with Crippen LogP contribution in [0.3, 0.4) is 0 Å². The molecule has 0 spiro atoms. The van der Waals surface area contributed by atoms with Gasteiger partial charge in [0.25, 0.3) is 0 Å². The molecule has 23 heteroatoms. The minimum absolute atomic E-state index is 0.0741. The zero-order valence-electron chi connectivity index (χ0n) is 36.1. The van der Waals surface area contributed by atoms with Gasteiger partial charge in [-0.2, -0.15) is 0 Å². The highest BCUT2D eigenvalue weighted by atomic mass is 33.3. The van der Waals surface area contributed by atoms with Gasteiger partial charge in [-0.1, -0.05) is 13.8 Å². The number of ether oxygens (including phenoxy) is 12. The highest BCUT2D eigenvalue weighted by molar-refractivity contribution is 8.64. The molecule has 348 valence electrons. The lowest BCUT2D eigenvalue weighted by atomic mass is 9.91. The van der Waals surface area contributed by atoms with E-state index < -0.39 is 110 Å². The van der Waals surface area contributed by atoms with Crippen LogP contribution in [0.5, 0.6) is 0 Å². The second kappa shape index (κ2) is 22.3. The predicted molar refractivity (Wildman–Crippen MR) is 228 cm³/mol. The molecule has 17 nitrogen and oxygen atoms in total. The van der Waals surface area contributed by atoms with Crippen LogP contribution in [0.4, 0.5) is 0 Å². The molecule has 0 aromatic carbocycles. The van der Waals surface area contributed by atoms with Crippen molar-refractivity contribution in [3.05, 3.63) is 0 Å². The fourth-order valence-corrected chi connectivity index (χ4v) is 13.5. The summed E-state index contributed by atoms with van der Waals surface area (Å²) >= 11 is 9.03. The summed E-state index contributed by atoms with van der Waals surface area (Å²) in [5.41, 5.74) is 0. The number of hydrogen-bond donors (Lipinski definition) is 3. The fourth-order valence-electron chi connectivity index (χ4n) is 8.03. The van der Waals surface area contributed by atoms with Crippen LogP contribution in [-0.4, -0.2) is 149 Å². The van der Waals surface area contributed by atoms with Gasteiger partial charge in [0.1, 0.15) is 36.6 Å². The summed E-state index contributed by atoms with van der Waals surface area (Å²) in [7, 11) is 5.63. The predicted octanol–water partition coefficient (Wildman–Crippen LogP) is 1.66. The first kappa shape index (κ1) is 52.4. The van der Waals surface area contributed by atoms with E-state index in [9.17, 15) is 24.9 Å². The Kier molecular flexibility index (Phi) is 19.5. The van der Waals surface area contributed by atoms with Gasteiger partial charge in [-0.05, 0) is 62.3 Å². The molecule has 3 N–H and O–H groups in total. The smallest absolute Gasteiger partial charge is 0.303 e. The summed E-state index contributed by atoms with van der Waals surface area (Å²) in [6.45, 7) is 23.0. The quantitative estimate of drug-likeness (QED) is 0.324. The zero-order chi connectivity index (χ0) is 45.0. The van der Waals surface area contributed by atoms with Crippen LogP contribution < -0.4 is 0 Å². The maximum atomic E-state index is 11.6. The van der Waals surface area contributed by atoms with Crippen LogP contribution in [0.1, 0.15) is 90.0 Å². The highest BCUT2D eigenvalue weighted by Crippen LogP contribution is 2.43. The van der Waals surface area contributed by atoms with Crippen molar-refractivity contribution in [2.75, 3.05) is 0 Å². The van der Waals surface area contributed by atoms with Gasteiger partial charge in [-0.15, -0.1) is 0 Å². The third kappa shape index (κ3) is 13.2. The average Bonchev–Trinajstić information content (AvgIpc) is 3.67. The fraction of sp³-hybridized carbons (Fsp3) is 0.946. The number of carbonyl (C=O) groups excluding carboxylic acids is 2. The molecule has 6 aliphatic heterocycles. The molecule has 0 radical (unpaired) electrons. The summed E-state index contributed by atoms with van der Waals surface area (Å²) in [4.78, 5) is 23.0. The van der Waals surface area contributed by atoms with Gasteiger partial charge in [0, 0.05) is 83.6 Å². The Labute approximate surface area is 373 Å². The van der Waals surface area contributed by atoms with Crippen molar-refractivity contribution >= 4 is 69.8 Å². The Morgan fingerprint density at radius 1 is 0.517 bits per heavy atom. The topological polar surface area (TPSA) is 206 Å². The SMILES string of the molecule is CC(=O)O[C@H]1C(C)O[C@@H](C)C(O)[C@@H]1O[C@@H]1OC(C)[C@H](C)[C@@H]2OC(C)(C)OC12.CC(=O)O[C@H]1C(C)O[C@H](O)C(O)[C@@H]1O[C@@H]1OC(C)[C@H](C)[C@@H]2OC(C)(C)OC12.S=S=S=S=S=S. The maximum Gasteiger partial charge on any atom is 0.303 e. The monoisotopic (exact) mass is 970 g/mol. The van der Waals surface area contributed by atoms with Crippen molar-refractivity contribution in [1.29, 1.82) is 0 Å². The van der Waals surface area contributed by atoms with Crippen molar-refractivity contribution in [2.45, 2.75) is 212 Å². The minimum Gasteiger partial charge on any atom is -0.457 e. The van der Waals surface area contributed by atoms with Gasteiger partial charge in [0.2, 0.25) is 0 Å². The van der Waals surface area contributed by atoms with E-state index in [1.54, 1.807) is 20.8 Å². The van der Waals surface area contributed by atoms with E-state index in [-0.39, 0.29) is 36.3 Å². The Balaban J connectivity index is 0.000000233. The normalized spacial score (nSPS) is 45.1. The molecule has 6 rings (SSSR count). The summed E-state index contributed by atoms with van der Waals surface area (Å²) in [5, 5.41) is 31.0. The lowest BCUT2D eigenvalue weighted by Gasteiger charge is -2.46. The molecule has 0 aliphatic carbocycles. The molecule has 0 aromatic heterocycles. The van der Waals surface area contributed by atoms with Gasteiger partial charge in [-0.3, -0.25) is 9.59 Å².